The topological polar surface area (TPSA) is 64.4 Å². The average Bonchev–Trinajstić information content (AvgIpc) is 2.47. The Morgan fingerprint density at radius 1 is 1.05 bits per heavy atom. The number of nitriles is 1. The van der Waals surface area contributed by atoms with E-state index in [2.05, 4.69) is 11.1 Å². The monoisotopic (exact) mass is 270 g/mol. The highest BCUT2D eigenvalue weighted by molar-refractivity contribution is 5.48. The molecule has 0 unspecified atom stereocenters. The second-order valence-electron chi connectivity index (χ2n) is 4.07. The standard InChI is InChI=1S/C15H14N2O3/c1-10-4-5-17-15(14(10)9-16)20-13-7-11(18-2)6-12(8-13)19-3/h4-8H,1-3H3. The molecule has 5 nitrogen and oxygen atoms in total. The fraction of sp³-hybridized carbons (Fsp3) is 0.200. The predicted octanol–water partition coefficient (Wildman–Crippen LogP) is 3.07. The summed E-state index contributed by atoms with van der Waals surface area (Å²) in [5.41, 5.74) is 1.22. The van der Waals surface area contributed by atoms with Crippen LogP contribution in [0.5, 0.6) is 23.1 Å². The van der Waals surface area contributed by atoms with Gasteiger partial charge in [0.25, 0.3) is 0 Å². The number of aryl methyl sites for hydroxylation is 1. The lowest BCUT2D eigenvalue weighted by molar-refractivity contribution is 0.385. The van der Waals surface area contributed by atoms with Crippen LogP contribution in [0.15, 0.2) is 30.5 Å². The quantitative estimate of drug-likeness (QED) is 0.854. The maximum absolute atomic E-state index is 9.16. The van der Waals surface area contributed by atoms with Crippen LogP contribution in [0.1, 0.15) is 11.1 Å². The van der Waals surface area contributed by atoms with Crippen LogP contribution in [-0.2, 0) is 0 Å². The number of benzene rings is 1. The summed E-state index contributed by atoms with van der Waals surface area (Å²) in [4.78, 5) is 4.09. The lowest BCUT2D eigenvalue weighted by Gasteiger charge is -2.10. The van der Waals surface area contributed by atoms with Crippen molar-refractivity contribution < 1.29 is 14.2 Å². The summed E-state index contributed by atoms with van der Waals surface area (Å²) in [5.74, 6) is 1.97. The Morgan fingerprint density at radius 2 is 1.65 bits per heavy atom. The van der Waals surface area contributed by atoms with Gasteiger partial charge in [-0.1, -0.05) is 0 Å². The van der Waals surface area contributed by atoms with Gasteiger partial charge in [-0.25, -0.2) is 4.98 Å². The van der Waals surface area contributed by atoms with Gasteiger partial charge >= 0.3 is 0 Å². The molecule has 1 heterocycles. The van der Waals surface area contributed by atoms with Gasteiger partial charge in [-0.05, 0) is 18.6 Å². The highest BCUT2D eigenvalue weighted by Crippen LogP contribution is 2.31. The third kappa shape index (κ3) is 2.81. The Morgan fingerprint density at radius 3 is 2.20 bits per heavy atom. The molecule has 20 heavy (non-hydrogen) atoms. The number of methoxy groups -OCH3 is 2. The molecule has 1 aromatic heterocycles. The molecule has 0 atom stereocenters. The maximum Gasteiger partial charge on any atom is 0.237 e. The molecule has 0 saturated heterocycles. The first-order chi connectivity index (χ1) is 9.67. The highest BCUT2D eigenvalue weighted by atomic mass is 16.5. The van der Waals surface area contributed by atoms with Crippen molar-refractivity contribution in [3.8, 4) is 29.2 Å². The van der Waals surface area contributed by atoms with Crippen LogP contribution in [0.3, 0.4) is 0 Å². The minimum absolute atomic E-state index is 0.266. The molecule has 102 valence electrons. The number of pyridine rings is 1. The van der Waals surface area contributed by atoms with Crippen molar-refractivity contribution in [2.45, 2.75) is 6.92 Å². The van der Waals surface area contributed by atoms with Crippen LogP contribution in [0.25, 0.3) is 0 Å². The van der Waals surface area contributed by atoms with Gasteiger partial charge in [-0.15, -0.1) is 0 Å². The Hall–Kier alpha value is -2.74. The second-order valence-corrected chi connectivity index (χ2v) is 4.07. The first-order valence-corrected chi connectivity index (χ1v) is 5.94. The molecule has 0 radical (unpaired) electrons. The number of hydrogen-bond acceptors (Lipinski definition) is 5. The molecule has 0 amide bonds. The molecule has 2 rings (SSSR count). The van der Waals surface area contributed by atoms with E-state index in [9.17, 15) is 0 Å². The molecule has 0 N–H and O–H groups in total. The van der Waals surface area contributed by atoms with Gasteiger partial charge in [-0.2, -0.15) is 5.26 Å². The zero-order valence-electron chi connectivity index (χ0n) is 11.5. The lowest BCUT2D eigenvalue weighted by Crippen LogP contribution is -1.95. The number of rotatable bonds is 4. The number of aromatic nitrogens is 1. The first kappa shape index (κ1) is 13.7. The van der Waals surface area contributed by atoms with Crippen LogP contribution in [0.2, 0.25) is 0 Å². The van der Waals surface area contributed by atoms with Gasteiger partial charge in [-0.3, -0.25) is 0 Å². The van der Waals surface area contributed by atoms with E-state index >= 15 is 0 Å². The van der Waals surface area contributed by atoms with E-state index in [0.717, 1.165) is 5.56 Å². The van der Waals surface area contributed by atoms with Crippen molar-refractivity contribution in [2.75, 3.05) is 14.2 Å². The molecule has 0 aliphatic heterocycles. The van der Waals surface area contributed by atoms with E-state index in [1.54, 1.807) is 44.7 Å². The molecular formula is C15H14N2O3. The maximum atomic E-state index is 9.16. The summed E-state index contributed by atoms with van der Waals surface area (Å²) in [6, 6.07) is 8.99. The van der Waals surface area contributed by atoms with Gasteiger partial charge in [0.1, 0.15) is 28.9 Å². The lowest BCUT2D eigenvalue weighted by atomic mass is 10.2. The molecule has 5 heteroatoms. The normalized spacial score (nSPS) is 9.70. The summed E-state index contributed by atoms with van der Waals surface area (Å²) < 4.78 is 16.0. The molecule has 0 aliphatic carbocycles. The average molecular weight is 270 g/mol. The fourth-order valence-electron chi connectivity index (χ4n) is 1.70. The Bertz CT molecular complexity index is 640. The summed E-state index contributed by atoms with van der Waals surface area (Å²) >= 11 is 0. The van der Waals surface area contributed by atoms with Crippen LogP contribution >= 0.6 is 0 Å². The number of hydrogen-bond donors (Lipinski definition) is 0. The highest BCUT2D eigenvalue weighted by Gasteiger charge is 2.10. The molecule has 1 aromatic carbocycles. The molecule has 0 bridgehead atoms. The molecule has 0 saturated carbocycles. The van der Waals surface area contributed by atoms with E-state index in [1.165, 1.54) is 0 Å². The van der Waals surface area contributed by atoms with Crippen LogP contribution < -0.4 is 14.2 Å². The van der Waals surface area contributed by atoms with Crippen LogP contribution in [-0.4, -0.2) is 19.2 Å². The minimum Gasteiger partial charge on any atom is -0.496 e. The van der Waals surface area contributed by atoms with Crippen LogP contribution in [0, 0.1) is 18.3 Å². The van der Waals surface area contributed by atoms with Crippen molar-refractivity contribution in [3.63, 3.8) is 0 Å². The van der Waals surface area contributed by atoms with Crippen molar-refractivity contribution in [1.29, 1.82) is 5.26 Å². The van der Waals surface area contributed by atoms with Crippen molar-refractivity contribution in [3.05, 3.63) is 41.6 Å². The zero-order chi connectivity index (χ0) is 14.5. The van der Waals surface area contributed by atoms with Gasteiger partial charge in [0.05, 0.1) is 14.2 Å². The summed E-state index contributed by atoms with van der Waals surface area (Å²) in [6.45, 7) is 1.83. The second kappa shape index (κ2) is 5.93. The number of nitrogens with zero attached hydrogens (tertiary/aromatic N) is 2. The third-order valence-electron chi connectivity index (χ3n) is 2.78. The van der Waals surface area contributed by atoms with E-state index in [-0.39, 0.29) is 5.88 Å². The van der Waals surface area contributed by atoms with Crippen molar-refractivity contribution >= 4 is 0 Å². The van der Waals surface area contributed by atoms with Gasteiger partial charge in [0.15, 0.2) is 0 Å². The van der Waals surface area contributed by atoms with Gasteiger partial charge in [0, 0.05) is 24.4 Å². The number of ether oxygens (including phenoxy) is 3. The largest absolute Gasteiger partial charge is 0.496 e. The summed E-state index contributed by atoms with van der Waals surface area (Å²) in [6.07, 6.45) is 1.60. The molecule has 0 spiro atoms. The Kier molecular flexibility index (Phi) is 4.06. The SMILES string of the molecule is COc1cc(OC)cc(Oc2nccc(C)c2C#N)c1. The van der Waals surface area contributed by atoms with Crippen molar-refractivity contribution in [2.24, 2.45) is 0 Å². The summed E-state index contributed by atoms with van der Waals surface area (Å²) in [5, 5.41) is 9.16. The molecule has 0 aliphatic rings. The van der Waals surface area contributed by atoms with E-state index in [0.29, 0.717) is 22.8 Å². The predicted molar refractivity (Wildman–Crippen MR) is 73.3 cm³/mol. The van der Waals surface area contributed by atoms with Gasteiger partial charge < -0.3 is 14.2 Å². The third-order valence-corrected chi connectivity index (χ3v) is 2.78. The van der Waals surface area contributed by atoms with E-state index < -0.39 is 0 Å². The van der Waals surface area contributed by atoms with Crippen LogP contribution in [0.4, 0.5) is 0 Å². The minimum atomic E-state index is 0.266. The fourth-order valence-corrected chi connectivity index (χ4v) is 1.70. The van der Waals surface area contributed by atoms with Gasteiger partial charge in [0.2, 0.25) is 5.88 Å². The molecule has 2 aromatic rings. The molecular weight excluding hydrogens is 256 g/mol. The Labute approximate surface area is 117 Å². The Balaban J connectivity index is 2.40. The van der Waals surface area contributed by atoms with Crippen molar-refractivity contribution in [1.82, 2.24) is 4.98 Å². The van der Waals surface area contributed by atoms with E-state index in [1.807, 2.05) is 6.92 Å². The zero-order valence-corrected chi connectivity index (χ0v) is 11.5. The molecule has 0 fully saturated rings. The summed E-state index contributed by atoms with van der Waals surface area (Å²) in [7, 11) is 3.12. The first-order valence-electron chi connectivity index (χ1n) is 5.94. The van der Waals surface area contributed by atoms with E-state index in [4.69, 9.17) is 19.5 Å². The smallest absolute Gasteiger partial charge is 0.237 e.